The average Bonchev–Trinajstić information content (AvgIpc) is 2.78. The van der Waals surface area contributed by atoms with E-state index in [1.165, 1.54) is 12.1 Å². The monoisotopic (exact) mass is 465 g/mol. The van der Waals surface area contributed by atoms with Crippen LogP contribution < -0.4 is 5.73 Å². The Morgan fingerprint density at radius 2 is 0.903 bits per heavy atom. The predicted molar refractivity (Wildman–Crippen MR) is 114 cm³/mol. The van der Waals surface area contributed by atoms with Gasteiger partial charge >= 0.3 is 0 Å². The summed E-state index contributed by atoms with van der Waals surface area (Å²) in [6, 6.07) is 7.98. The van der Waals surface area contributed by atoms with Crippen LogP contribution in [0.25, 0.3) is 0 Å². The Kier molecular flexibility index (Phi) is 17.6. The van der Waals surface area contributed by atoms with Crippen molar-refractivity contribution in [3.63, 3.8) is 0 Å². The number of benzene rings is 1. The topological polar surface area (TPSA) is 125 Å². The Morgan fingerprint density at radius 3 is 1.29 bits per heavy atom. The minimum Gasteiger partial charge on any atom is -0.378 e. The van der Waals surface area contributed by atoms with E-state index >= 15 is 0 Å². The molecule has 0 aliphatic rings. The van der Waals surface area contributed by atoms with Crippen LogP contribution in [0.15, 0.2) is 35.2 Å². The van der Waals surface area contributed by atoms with Gasteiger partial charge in [-0.15, -0.1) is 0 Å². The van der Waals surface area contributed by atoms with Gasteiger partial charge < -0.3 is 34.2 Å². The van der Waals surface area contributed by atoms with Crippen molar-refractivity contribution in [2.75, 3.05) is 92.4 Å². The first-order valence-corrected chi connectivity index (χ1v) is 11.7. The summed E-state index contributed by atoms with van der Waals surface area (Å²) >= 11 is 0. The second-order valence-electron chi connectivity index (χ2n) is 6.05. The molecule has 0 radical (unpaired) electrons. The number of hydrogen-bond acceptors (Lipinski definition) is 10. The smallest absolute Gasteiger partial charge is 0.297 e. The SMILES string of the molecule is NCCOCCOCCOCCOCCOCCOCCOS(=O)(=O)c1ccccc1. The van der Waals surface area contributed by atoms with E-state index in [4.69, 9.17) is 38.3 Å². The molecule has 31 heavy (non-hydrogen) atoms. The van der Waals surface area contributed by atoms with Crippen LogP contribution in [0.5, 0.6) is 0 Å². The lowest BCUT2D eigenvalue weighted by Crippen LogP contribution is -2.15. The van der Waals surface area contributed by atoms with E-state index in [1.807, 2.05) is 0 Å². The molecule has 2 N–H and O–H groups in total. The standard InChI is InChI=1S/C20H35NO9S/c21-6-7-24-8-9-25-10-11-26-12-13-27-14-15-28-16-17-29-18-19-30-31(22,23)20-4-2-1-3-5-20/h1-5H,6-19,21H2. The quantitative estimate of drug-likeness (QED) is 0.191. The molecule has 0 aliphatic carbocycles. The normalized spacial score (nSPS) is 11.8. The van der Waals surface area contributed by atoms with E-state index in [1.54, 1.807) is 18.2 Å². The molecule has 1 rings (SSSR count). The van der Waals surface area contributed by atoms with Crippen LogP contribution in [-0.2, 0) is 42.7 Å². The number of ether oxygens (including phenoxy) is 6. The van der Waals surface area contributed by atoms with Crippen molar-refractivity contribution in [2.24, 2.45) is 5.73 Å². The molecule has 0 bridgehead atoms. The molecule has 0 heterocycles. The Bertz CT molecular complexity index is 616. The molecule has 11 heteroatoms. The van der Waals surface area contributed by atoms with Crippen molar-refractivity contribution in [3.05, 3.63) is 30.3 Å². The van der Waals surface area contributed by atoms with Crippen molar-refractivity contribution >= 4 is 10.1 Å². The van der Waals surface area contributed by atoms with Crippen molar-refractivity contribution in [1.29, 1.82) is 0 Å². The van der Waals surface area contributed by atoms with E-state index in [2.05, 4.69) is 0 Å². The predicted octanol–water partition coefficient (Wildman–Crippen LogP) is 0.450. The van der Waals surface area contributed by atoms with Gasteiger partial charge in [-0.1, -0.05) is 18.2 Å². The summed E-state index contributed by atoms with van der Waals surface area (Å²) in [5.41, 5.74) is 5.30. The number of rotatable bonds is 22. The highest BCUT2D eigenvalue weighted by Crippen LogP contribution is 2.10. The lowest BCUT2D eigenvalue weighted by atomic mass is 10.4. The Hall–Kier alpha value is -1.15. The fourth-order valence-electron chi connectivity index (χ4n) is 2.14. The number of hydrogen-bond donors (Lipinski definition) is 1. The molecule has 180 valence electrons. The zero-order chi connectivity index (χ0) is 22.5. The van der Waals surface area contributed by atoms with Gasteiger partial charge in [0.15, 0.2) is 0 Å². The first kappa shape index (κ1) is 27.9. The van der Waals surface area contributed by atoms with Gasteiger partial charge in [0.2, 0.25) is 0 Å². The van der Waals surface area contributed by atoms with Crippen LogP contribution in [-0.4, -0.2) is 101 Å². The van der Waals surface area contributed by atoms with Crippen LogP contribution in [0.3, 0.4) is 0 Å². The van der Waals surface area contributed by atoms with Crippen molar-refractivity contribution in [1.82, 2.24) is 0 Å². The van der Waals surface area contributed by atoms with E-state index in [9.17, 15) is 8.42 Å². The molecule has 0 saturated heterocycles. The largest absolute Gasteiger partial charge is 0.378 e. The summed E-state index contributed by atoms with van der Waals surface area (Å²) in [5.74, 6) is 0. The summed E-state index contributed by atoms with van der Waals surface area (Å²) < 4.78 is 60.6. The second-order valence-corrected chi connectivity index (χ2v) is 7.67. The highest BCUT2D eigenvalue weighted by Gasteiger charge is 2.13. The summed E-state index contributed by atoms with van der Waals surface area (Å²) in [6.07, 6.45) is 0. The van der Waals surface area contributed by atoms with Crippen LogP contribution in [0, 0.1) is 0 Å². The molecular formula is C20H35NO9S. The van der Waals surface area contributed by atoms with Crippen molar-refractivity contribution in [3.8, 4) is 0 Å². The van der Waals surface area contributed by atoms with Crippen LogP contribution in [0.4, 0.5) is 0 Å². The van der Waals surface area contributed by atoms with Crippen LogP contribution in [0.2, 0.25) is 0 Å². The van der Waals surface area contributed by atoms with Gasteiger partial charge in [0, 0.05) is 6.54 Å². The first-order valence-electron chi connectivity index (χ1n) is 10.3. The molecule has 0 spiro atoms. The minimum absolute atomic E-state index is 0.0482. The van der Waals surface area contributed by atoms with Gasteiger partial charge in [0.05, 0.1) is 90.8 Å². The fraction of sp³-hybridized carbons (Fsp3) is 0.700. The van der Waals surface area contributed by atoms with Crippen LogP contribution >= 0.6 is 0 Å². The van der Waals surface area contributed by atoms with Crippen LogP contribution in [0.1, 0.15) is 0 Å². The number of nitrogens with two attached hydrogens (primary N) is 1. The van der Waals surface area contributed by atoms with Crippen molar-refractivity contribution < 1.29 is 41.0 Å². The molecule has 0 fully saturated rings. The highest BCUT2D eigenvalue weighted by atomic mass is 32.2. The Labute approximate surface area is 185 Å². The molecule has 0 amide bonds. The molecular weight excluding hydrogens is 430 g/mol. The molecule has 0 aliphatic heterocycles. The van der Waals surface area contributed by atoms with Gasteiger partial charge in [-0.3, -0.25) is 4.18 Å². The summed E-state index contributed by atoms with van der Waals surface area (Å²) in [4.78, 5) is 0.126. The molecule has 0 unspecified atom stereocenters. The van der Waals surface area contributed by atoms with E-state index < -0.39 is 10.1 Å². The Morgan fingerprint density at radius 1 is 0.548 bits per heavy atom. The van der Waals surface area contributed by atoms with Gasteiger partial charge in [0.25, 0.3) is 10.1 Å². The third kappa shape index (κ3) is 16.2. The van der Waals surface area contributed by atoms with Gasteiger partial charge in [-0.05, 0) is 12.1 Å². The molecule has 0 saturated carbocycles. The lowest BCUT2D eigenvalue weighted by molar-refractivity contribution is -0.0174. The third-order valence-corrected chi connectivity index (χ3v) is 4.95. The average molecular weight is 466 g/mol. The lowest BCUT2D eigenvalue weighted by Gasteiger charge is -2.08. The summed E-state index contributed by atoms with van der Waals surface area (Å²) in [5, 5.41) is 0. The maximum Gasteiger partial charge on any atom is 0.297 e. The van der Waals surface area contributed by atoms with Gasteiger partial charge in [0.1, 0.15) is 0 Å². The van der Waals surface area contributed by atoms with Gasteiger partial charge in [-0.25, -0.2) is 0 Å². The first-order chi connectivity index (χ1) is 15.2. The summed E-state index contributed by atoms with van der Waals surface area (Å²) in [6.45, 7) is 5.85. The maximum atomic E-state index is 11.9. The van der Waals surface area contributed by atoms with Crippen molar-refractivity contribution in [2.45, 2.75) is 4.90 Å². The van der Waals surface area contributed by atoms with E-state index in [-0.39, 0.29) is 18.1 Å². The minimum atomic E-state index is -3.74. The van der Waals surface area contributed by atoms with E-state index in [0.717, 1.165) is 0 Å². The maximum absolute atomic E-state index is 11.9. The second kappa shape index (κ2) is 19.5. The fourth-order valence-corrected chi connectivity index (χ4v) is 3.06. The molecule has 1 aromatic rings. The molecule has 0 atom stereocenters. The molecule has 1 aromatic carbocycles. The third-order valence-electron chi connectivity index (χ3n) is 3.62. The summed E-state index contributed by atoms with van der Waals surface area (Å²) in [7, 11) is -3.74. The van der Waals surface area contributed by atoms with E-state index in [0.29, 0.717) is 79.2 Å². The van der Waals surface area contributed by atoms with Gasteiger partial charge in [-0.2, -0.15) is 8.42 Å². The molecule has 0 aromatic heterocycles. The zero-order valence-corrected chi connectivity index (χ0v) is 18.8. The molecule has 10 nitrogen and oxygen atoms in total. The Balaban J connectivity index is 1.77. The highest BCUT2D eigenvalue weighted by molar-refractivity contribution is 7.86. The zero-order valence-electron chi connectivity index (χ0n) is 17.9.